The molecule has 0 radical (unpaired) electrons. The third kappa shape index (κ3) is 4.02. The molecule has 4 N–H and O–H groups in total. The fourth-order valence-corrected chi connectivity index (χ4v) is 3.49. The molecule has 1 aliphatic rings. The maximum Gasteiger partial charge on any atom is 0.319 e. The van der Waals surface area contributed by atoms with Crippen molar-refractivity contribution in [3.63, 3.8) is 0 Å². The standard InChI is InChI=1S/C15H21Cl2N3O/c1-10-4-2-3-5-15(10,9-18)20-14(21)19-13-7-11(16)6-12(17)8-13/h6-8,10H,2-5,9,18H2,1H3,(H2,19,20,21). The van der Waals surface area contributed by atoms with Gasteiger partial charge in [-0.05, 0) is 37.0 Å². The molecule has 1 aliphatic carbocycles. The first-order chi connectivity index (χ1) is 9.95. The quantitative estimate of drug-likeness (QED) is 0.783. The van der Waals surface area contributed by atoms with Crippen LogP contribution in [0, 0.1) is 5.92 Å². The zero-order valence-electron chi connectivity index (χ0n) is 12.1. The fraction of sp³-hybridized carbons (Fsp3) is 0.533. The van der Waals surface area contributed by atoms with Gasteiger partial charge in [-0.2, -0.15) is 0 Å². The molecule has 0 aliphatic heterocycles. The molecule has 0 saturated heterocycles. The number of nitrogens with one attached hydrogen (secondary N) is 2. The Kier molecular flexibility index (Phi) is 5.36. The molecule has 0 bridgehead atoms. The van der Waals surface area contributed by atoms with E-state index in [-0.39, 0.29) is 11.6 Å². The van der Waals surface area contributed by atoms with Crippen LogP contribution in [0.5, 0.6) is 0 Å². The number of carbonyl (C=O) groups excluding carboxylic acids is 1. The predicted molar refractivity (Wildman–Crippen MR) is 88.0 cm³/mol. The highest BCUT2D eigenvalue weighted by Crippen LogP contribution is 2.33. The van der Waals surface area contributed by atoms with Crippen LogP contribution in [0.2, 0.25) is 10.0 Å². The second-order valence-corrected chi connectivity index (χ2v) is 6.62. The number of urea groups is 1. The van der Waals surface area contributed by atoms with Crippen LogP contribution in [-0.4, -0.2) is 18.1 Å². The van der Waals surface area contributed by atoms with Gasteiger partial charge in [0, 0.05) is 22.3 Å². The second-order valence-electron chi connectivity index (χ2n) is 5.74. The molecule has 0 spiro atoms. The summed E-state index contributed by atoms with van der Waals surface area (Å²) in [5, 5.41) is 6.80. The molecule has 21 heavy (non-hydrogen) atoms. The molecule has 1 fully saturated rings. The van der Waals surface area contributed by atoms with Crippen molar-refractivity contribution in [1.82, 2.24) is 5.32 Å². The van der Waals surface area contributed by atoms with E-state index in [2.05, 4.69) is 17.6 Å². The van der Waals surface area contributed by atoms with Gasteiger partial charge in [0.2, 0.25) is 0 Å². The summed E-state index contributed by atoms with van der Waals surface area (Å²) in [5.41, 5.74) is 6.18. The molecule has 0 aromatic heterocycles. The largest absolute Gasteiger partial charge is 0.331 e. The Balaban J connectivity index is 2.06. The molecule has 4 nitrogen and oxygen atoms in total. The van der Waals surface area contributed by atoms with E-state index in [1.807, 2.05) is 0 Å². The first-order valence-electron chi connectivity index (χ1n) is 7.20. The monoisotopic (exact) mass is 329 g/mol. The zero-order valence-corrected chi connectivity index (χ0v) is 13.6. The van der Waals surface area contributed by atoms with Crippen molar-refractivity contribution in [2.24, 2.45) is 11.7 Å². The smallest absolute Gasteiger partial charge is 0.319 e. The van der Waals surface area contributed by atoms with Crippen molar-refractivity contribution in [1.29, 1.82) is 0 Å². The molecule has 2 rings (SSSR count). The van der Waals surface area contributed by atoms with E-state index in [4.69, 9.17) is 28.9 Å². The number of anilines is 1. The molecule has 6 heteroatoms. The Hall–Kier alpha value is -0.970. The SMILES string of the molecule is CC1CCCCC1(CN)NC(=O)Nc1cc(Cl)cc(Cl)c1. The molecule has 1 aromatic carbocycles. The van der Waals surface area contributed by atoms with Crippen LogP contribution in [0.4, 0.5) is 10.5 Å². The van der Waals surface area contributed by atoms with E-state index >= 15 is 0 Å². The van der Waals surface area contributed by atoms with Crippen LogP contribution in [0.3, 0.4) is 0 Å². The number of benzene rings is 1. The van der Waals surface area contributed by atoms with Crippen LogP contribution in [0.1, 0.15) is 32.6 Å². The number of nitrogens with two attached hydrogens (primary N) is 1. The molecule has 1 saturated carbocycles. The zero-order chi connectivity index (χ0) is 15.5. The van der Waals surface area contributed by atoms with E-state index < -0.39 is 0 Å². The highest BCUT2D eigenvalue weighted by Gasteiger charge is 2.38. The normalized spacial score (nSPS) is 25.4. The number of halogens is 2. The predicted octanol–water partition coefficient (Wildman–Crippen LogP) is 4.02. The maximum absolute atomic E-state index is 12.2. The molecule has 2 atom stereocenters. The van der Waals surface area contributed by atoms with Gasteiger partial charge in [0.1, 0.15) is 0 Å². The van der Waals surface area contributed by atoms with Crippen LogP contribution in [0.15, 0.2) is 18.2 Å². The number of hydrogen-bond acceptors (Lipinski definition) is 2. The number of hydrogen-bond donors (Lipinski definition) is 3. The summed E-state index contributed by atoms with van der Waals surface area (Å²) in [6, 6.07) is 4.67. The van der Waals surface area contributed by atoms with Gasteiger partial charge in [0.25, 0.3) is 0 Å². The highest BCUT2D eigenvalue weighted by molar-refractivity contribution is 6.35. The first kappa shape index (κ1) is 16.4. The van der Waals surface area contributed by atoms with Crippen molar-refractivity contribution in [3.05, 3.63) is 28.2 Å². The fourth-order valence-electron chi connectivity index (χ4n) is 2.97. The van der Waals surface area contributed by atoms with Crippen molar-refractivity contribution in [2.75, 3.05) is 11.9 Å². The van der Waals surface area contributed by atoms with Gasteiger partial charge >= 0.3 is 6.03 Å². The Bertz CT molecular complexity index is 503. The topological polar surface area (TPSA) is 67.1 Å². The Morgan fingerprint density at radius 3 is 2.57 bits per heavy atom. The maximum atomic E-state index is 12.2. The lowest BCUT2D eigenvalue weighted by Crippen LogP contribution is -2.60. The molecule has 2 amide bonds. The lowest BCUT2D eigenvalue weighted by atomic mass is 9.73. The van der Waals surface area contributed by atoms with E-state index in [1.54, 1.807) is 18.2 Å². The van der Waals surface area contributed by atoms with Gasteiger partial charge in [0.05, 0.1) is 5.54 Å². The lowest BCUT2D eigenvalue weighted by Gasteiger charge is -2.42. The second kappa shape index (κ2) is 6.86. The summed E-state index contributed by atoms with van der Waals surface area (Å²) in [6.45, 7) is 2.58. The molecule has 1 aromatic rings. The van der Waals surface area contributed by atoms with E-state index in [9.17, 15) is 4.79 Å². The van der Waals surface area contributed by atoms with Crippen LogP contribution in [0.25, 0.3) is 0 Å². The summed E-state index contributed by atoms with van der Waals surface area (Å²) in [4.78, 5) is 12.2. The van der Waals surface area contributed by atoms with Gasteiger partial charge in [-0.3, -0.25) is 0 Å². The number of amides is 2. The van der Waals surface area contributed by atoms with Crippen molar-refractivity contribution >= 4 is 34.9 Å². The van der Waals surface area contributed by atoms with Gasteiger partial charge < -0.3 is 16.4 Å². The van der Waals surface area contributed by atoms with Crippen molar-refractivity contribution < 1.29 is 4.79 Å². The van der Waals surface area contributed by atoms with Gasteiger partial charge in [-0.1, -0.05) is 43.0 Å². The lowest BCUT2D eigenvalue weighted by molar-refractivity contribution is 0.166. The number of carbonyl (C=O) groups is 1. The molecular formula is C15H21Cl2N3O. The summed E-state index contributed by atoms with van der Waals surface area (Å²) >= 11 is 11.9. The Morgan fingerprint density at radius 2 is 2.00 bits per heavy atom. The van der Waals surface area contributed by atoms with Gasteiger partial charge in [-0.15, -0.1) is 0 Å². The average molecular weight is 330 g/mol. The van der Waals surface area contributed by atoms with Crippen LogP contribution >= 0.6 is 23.2 Å². The van der Waals surface area contributed by atoms with Crippen LogP contribution < -0.4 is 16.4 Å². The molecule has 2 unspecified atom stereocenters. The minimum Gasteiger partial charge on any atom is -0.331 e. The summed E-state index contributed by atoms with van der Waals surface area (Å²) in [6.07, 6.45) is 4.27. The van der Waals surface area contributed by atoms with Gasteiger partial charge in [-0.25, -0.2) is 4.79 Å². The molecule has 116 valence electrons. The summed E-state index contributed by atoms with van der Waals surface area (Å²) in [7, 11) is 0. The van der Waals surface area contributed by atoms with E-state index in [1.165, 1.54) is 6.42 Å². The third-order valence-corrected chi connectivity index (χ3v) is 4.74. The average Bonchev–Trinajstić information content (AvgIpc) is 2.40. The first-order valence-corrected chi connectivity index (χ1v) is 7.96. The van der Waals surface area contributed by atoms with Crippen molar-refractivity contribution in [2.45, 2.75) is 38.1 Å². The summed E-state index contributed by atoms with van der Waals surface area (Å²) in [5.74, 6) is 0.366. The van der Waals surface area contributed by atoms with Crippen molar-refractivity contribution in [3.8, 4) is 0 Å². The van der Waals surface area contributed by atoms with Gasteiger partial charge in [0.15, 0.2) is 0 Å². The number of rotatable bonds is 3. The van der Waals surface area contributed by atoms with E-state index in [0.717, 1.165) is 19.3 Å². The Labute approximate surface area is 135 Å². The highest BCUT2D eigenvalue weighted by atomic mass is 35.5. The minimum absolute atomic E-state index is 0.271. The van der Waals surface area contributed by atoms with E-state index in [0.29, 0.717) is 28.2 Å². The molecular weight excluding hydrogens is 309 g/mol. The summed E-state index contributed by atoms with van der Waals surface area (Å²) < 4.78 is 0. The third-order valence-electron chi connectivity index (χ3n) is 4.30. The Morgan fingerprint density at radius 1 is 1.33 bits per heavy atom. The minimum atomic E-state index is -0.329. The van der Waals surface area contributed by atoms with Crippen LogP contribution in [-0.2, 0) is 0 Å². The molecule has 0 heterocycles.